The molecule has 1 aromatic carbocycles. The quantitative estimate of drug-likeness (QED) is 0.0169. The van der Waals surface area contributed by atoms with Crippen molar-refractivity contribution in [1.82, 2.24) is 68.0 Å². The van der Waals surface area contributed by atoms with Crippen LogP contribution in [0, 0.1) is 5.92 Å². The molecule has 92 heavy (non-hydrogen) atoms. The molecule has 36 heteroatoms. The van der Waals surface area contributed by atoms with Gasteiger partial charge in [0, 0.05) is 44.4 Å². The standard InChI is InChI=1S/C56H90N20O16/c1-7-27(2)42(73-50(88)39-13-10-20-76(39)54(92)28(3)57)52(90)72-38(22-33-23-62-26-67-33)49(87)75-44(31(6)78)53(91)71-37(21-32-14-16-34(79)17-15-32)48(86)74-43(30(5)77)51(89)65-24-40(80)69-36(12-9-19-64-56(60)61)47(85)68-29(4)45(83)70-35(11-8-18-63-55(58)59)46(84)66-25-41(81)82/h14-17,23,26-31,35-39,42-44,77-79H,7-13,18-22,24-25,57H2,1-6H3,(H,62,67)(H,65,89)(H,66,84)(H,68,85)(H,69,80)(H,70,83)(H,71,91)(H,72,90)(H,73,88)(H,74,86)(H,75,87)(H,81,82)(H4,58,59,63)(H4,60,61,64)/t27-,28-,29-,30+,31+,35-,36-,37-,38-,39-,42-,43-,44-/m0/s1. The number of aliphatic hydroxyl groups excluding tert-OH is 2. The summed E-state index contributed by atoms with van der Waals surface area (Å²) in [6.45, 7) is 7.17. The van der Waals surface area contributed by atoms with Crippen LogP contribution in [0.1, 0.15) is 97.7 Å². The van der Waals surface area contributed by atoms with E-state index < -0.39 is 163 Å². The monoisotopic (exact) mass is 1300 g/mol. The van der Waals surface area contributed by atoms with E-state index in [9.17, 15) is 72.9 Å². The molecule has 510 valence electrons. The summed E-state index contributed by atoms with van der Waals surface area (Å²) in [5.41, 5.74) is 28.1. The van der Waals surface area contributed by atoms with Gasteiger partial charge in [-0.15, -0.1) is 0 Å². The maximum Gasteiger partial charge on any atom is 0.322 e. The van der Waals surface area contributed by atoms with Crippen LogP contribution in [-0.2, 0) is 70.4 Å². The van der Waals surface area contributed by atoms with Crippen molar-refractivity contribution in [3.8, 4) is 5.75 Å². The minimum atomic E-state index is -1.86. The van der Waals surface area contributed by atoms with Crippen molar-refractivity contribution in [3.05, 3.63) is 48.0 Å². The van der Waals surface area contributed by atoms with Crippen LogP contribution in [-0.4, -0.2) is 224 Å². The van der Waals surface area contributed by atoms with Crippen LogP contribution in [0.15, 0.2) is 46.8 Å². The molecule has 1 aromatic heterocycles. The molecule has 0 bridgehead atoms. The average molecular weight is 1300 g/mol. The van der Waals surface area contributed by atoms with E-state index in [0.717, 1.165) is 13.8 Å². The number of carbonyl (C=O) groups excluding carboxylic acids is 11. The molecule has 0 aliphatic carbocycles. The Labute approximate surface area is 530 Å². The number of likely N-dealkylation sites (tertiary alicyclic amines) is 1. The summed E-state index contributed by atoms with van der Waals surface area (Å²) in [4.78, 5) is 178. The van der Waals surface area contributed by atoms with Crippen molar-refractivity contribution in [2.24, 2.45) is 44.6 Å². The molecule has 0 spiro atoms. The van der Waals surface area contributed by atoms with Gasteiger partial charge in [-0.05, 0) is 89.8 Å². The summed E-state index contributed by atoms with van der Waals surface area (Å²) in [5, 5.41) is 65.3. The number of rotatable bonds is 38. The van der Waals surface area contributed by atoms with Crippen LogP contribution >= 0.6 is 0 Å². The molecule has 36 nitrogen and oxygen atoms in total. The molecular formula is C56H90N20O16. The number of aromatic nitrogens is 2. The highest BCUT2D eigenvalue weighted by molar-refractivity contribution is 5.99. The molecule has 2 aromatic rings. The molecule has 3 rings (SSSR count). The number of phenolic OH excluding ortho intramolecular Hbond substituents is 1. The number of nitrogens with one attached hydrogen (secondary N) is 11. The van der Waals surface area contributed by atoms with Gasteiger partial charge >= 0.3 is 5.97 Å². The van der Waals surface area contributed by atoms with E-state index in [1.54, 1.807) is 13.8 Å². The lowest BCUT2D eigenvalue weighted by molar-refractivity contribution is -0.140. The normalized spacial score (nSPS) is 16.6. The van der Waals surface area contributed by atoms with Crippen LogP contribution < -0.4 is 81.8 Å². The fourth-order valence-electron chi connectivity index (χ4n) is 9.29. The van der Waals surface area contributed by atoms with E-state index >= 15 is 0 Å². The van der Waals surface area contributed by atoms with Crippen molar-refractivity contribution >= 4 is 82.9 Å². The highest BCUT2D eigenvalue weighted by Crippen LogP contribution is 2.20. The first-order valence-corrected chi connectivity index (χ1v) is 29.8. The third-order valence-corrected chi connectivity index (χ3v) is 14.5. The highest BCUT2D eigenvalue weighted by atomic mass is 16.4. The fraction of sp³-hybridized carbons (Fsp3) is 0.589. The zero-order chi connectivity index (χ0) is 68.9. The van der Waals surface area contributed by atoms with Gasteiger partial charge in [-0.2, -0.15) is 0 Å². The summed E-state index contributed by atoms with van der Waals surface area (Å²) < 4.78 is 0. The van der Waals surface area contributed by atoms with E-state index in [-0.39, 0.29) is 75.8 Å². The fourth-order valence-corrected chi connectivity index (χ4v) is 9.29. The third-order valence-electron chi connectivity index (χ3n) is 14.5. The first-order valence-electron chi connectivity index (χ1n) is 29.8. The Morgan fingerprint density at radius 2 is 1.14 bits per heavy atom. The number of nitrogens with zero attached hydrogens (tertiary/aromatic N) is 4. The van der Waals surface area contributed by atoms with Gasteiger partial charge in [-0.3, -0.25) is 67.5 Å². The summed E-state index contributed by atoms with van der Waals surface area (Å²) in [6, 6.07) is -8.67. The number of aliphatic hydroxyl groups is 2. The van der Waals surface area contributed by atoms with Gasteiger partial charge in [0.25, 0.3) is 0 Å². The van der Waals surface area contributed by atoms with Gasteiger partial charge in [0.2, 0.25) is 65.0 Å². The second-order valence-corrected chi connectivity index (χ2v) is 22.2. The molecule has 25 N–H and O–H groups in total. The van der Waals surface area contributed by atoms with E-state index in [4.69, 9.17) is 33.8 Å². The number of benzene rings is 1. The van der Waals surface area contributed by atoms with Crippen molar-refractivity contribution < 1.29 is 78.0 Å². The number of imidazole rings is 1. The number of nitrogens with two attached hydrogens (primary N) is 5. The van der Waals surface area contributed by atoms with Gasteiger partial charge in [0.05, 0.1) is 31.1 Å². The number of aromatic hydroxyl groups is 1. The largest absolute Gasteiger partial charge is 0.508 e. The van der Waals surface area contributed by atoms with Crippen LogP contribution in [0.3, 0.4) is 0 Å². The maximum atomic E-state index is 14.3. The van der Waals surface area contributed by atoms with Crippen LogP contribution in [0.5, 0.6) is 5.75 Å². The Morgan fingerprint density at radius 1 is 0.630 bits per heavy atom. The first-order chi connectivity index (χ1) is 43.3. The number of H-pyrrole nitrogens is 1. The number of carboxylic acid groups (broad SMARTS) is 1. The molecule has 13 atom stereocenters. The predicted molar refractivity (Wildman–Crippen MR) is 330 cm³/mol. The lowest BCUT2D eigenvalue weighted by Crippen LogP contribution is -2.63. The smallest absolute Gasteiger partial charge is 0.322 e. The Morgan fingerprint density at radius 3 is 1.65 bits per heavy atom. The van der Waals surface area contributed by atoms with Crippen LogP contribution in [0.25, 0.3) is 0 Å². The third kappa shape index (κ3) is 26.0. The van der Waals surface area contributed by atoms with E-state index in [0.29, 0.717) is 30.5 Å². The van der Waals surface area contributed by atoms with E-state index in [2.05, 4.69) is 73.1 Å². The zero-order valence-corrected chi connectivity index (χ0v) is 52.2. The molecule has 1 saturated heterocycles. The topological polar surface area (TPSA) is 593 Å². The molecule has 0 unspecified atom stereocenters. The SMILES string of the molecule is CC[C@H](C)[C@H](NC(=O)[C@@H]1CCCN1C(=O)[C@H](C)N)C(=O)N[C@@H](Cc1cnc[nH]1)C(=O)N[C@H](C(=O)N[C@@H](Cc1ccc(O)cc1)C(=O)N[C@H](C(=O)NCC(=O)N[C@@H](CCCN=C(N)N)C(=O)N[C@@H](C)C(=O)N[C@@H](CCCN=C(N)N)C(=O)NCC(=O)O)[C@@H](C)O)[C@@H](C)O. The number of amides is 11. The van der Waals surface area contributed by atoms with Crippen LogP contribution in [0.2, 0.25) is 0 Å². The Hall–Kier alpha value is -9.71. The lowest BCUT2D eigenvalue weighted by atomic mass is 9.97. The van der Waals surface area contributed by atoms with Crippen molar-refractivity contribution in [2.75, 3.05) is 32.7 Å². The number of hydrogen-bond acceptors (Lipinski definition) is 19. The maximum absolute atomic E-state index is 14.3. The second-order valence-electron chi connectivity index (χ2n) is 22.2. The van der Waals surface area contributed by atoms with Crippen molar-refractivity contribution in [3.63, 3.8) is 0 Å². The van der Waals surface area contributed by atoms with Gasteiger partial charge < -0.3 is 112 Å². The lowest BCUT2D eigenvalue weighted by Gasteiger charge is -2.31. The summed E-state index contributed by atoms with van der Waals surface area (Å²) in [6.07, 6.45) is -0.0769. The van der Waals surface area contributed by atoms with Gasteiger partial charge in [0.15, 0.2) is 11.9 Å². The van der Waals surface area contributed by atoms with Gasteiger partial charge in [-0.25, -0.2) is 4.98 Å². The number of carboxylic acids is 1. The molecular weight excluding hydrogens is 1210 g/mol. The molecule has 0 radical (unpaired) electrons. The number of guanidine groups is 2. The Bertz CT molecular complexity index is 2900. The van der Waals surface area contributed by atoms with Gasteiger partial charge in [0.1, 0.15) is 66.7 Å². The number of carbonyl (C=O) groups is 12. The molecule has 2 heterocycles. The van der Waals surface area contributed by atoms with Crippen molar-refractivity contribution in [2.45, 2.75) is 172 Å². The minimum Gasteiger partial charge on any atom is -0.508 e. The minimum absolute atomic E-state index is 0.0163. The van der Waals surface area contributed by atoms with Crippen molar-refractivity contribution in [1.29, 1.82) is 0 Å². The summed E-state index contributed by atoms with van der Waals surface area (Å²) in [5.74, 6) is -12.5. The molecule has 1 aliphatic heterocycles. The van der Waals surface area contributed by atoms with E-state index in [1.165, 1.54) is 55.5 Å². The number of hydrogen-bond donors (Lipinski definition) is 20. The molecule has 11 amide bonds. The molecule has 0 saturated carbocycles. The number of phenols is 1. The molecule has 1 aliphatic rings. The van der Waals surface area contributed by atoms with Gasteiger partial charge in [-0.1, -0.05) is 32.4 Å². The number of aliphatic carboxylic acids is 1. The summed E-state index contributed by atoms with van der Waals surface area (Å²) >= 11 is 0. The van der Waals surface area contributed by atoms with E-state index in [1.807, 2.05) is 0 Å². The Balaban J connectivity index is 1.83. The number of aromatic amines is 1. The van der Waals surface area contributed by atoms with Crippen LogP contribution in [0.4, 0.5) is 0 Å². The first kappa shape index (κ1) is 76.5. The summed E-state index contributed by atoms with van der Waals surface area (Å²) in [7, 11) is 0. The zero-order valence-electron chi connectivity index (χ0n) is 52.2. The number of aliphatic imine (C=N–C) groups is 2. The molecule has 1 fully saturated rings. The second kappa shape index (κ2) is 38.1. The average Bonchev–Trinajstić information content (AvgIpc) is 2.34. The highest BCUT2D eigenvalue weighted by Gasteiger charge is 2.40. The predicted octanol–water partition coefficient (Wildman–Crippen LogP) is -7.63. The Kier molecular flexibility index (Phi) is 31.7.